The first-order chi connectivity index (χ1) is 6.61. The third kappa shape index (κ3) is 1.24. The summed E-state index contributed by atoms with van der Waals surface area (Å²) >= 11 is 6.13. The van der Waals surface area contributed by atoms with Crippen LogP contribution in [0.4, 0.5) is 5.82 Å². The van der Waals surface area contributed by atoms with E-state index in [-0.39, 0.29) is 0 Å². The van der Waals surface area contributed by atoms with E-state index in [1.807, 2.05) is 12.1 Å². The second-order valence-electron chi connectivity index (χ2n) is 3.65. The Morgan fingerprint density at radius 1 is 1.43 bits per heavy atom. The van der Waals surface area contributed by atoms with Crippen LogP contribution in [0.5, 0.6) is 0 Å². The van der Waals surface area contributed by atoms with Crippen molar-refractivity contribution in [3.8, 4) is 0 Å². The Kier molecular flexibility index (Phi) is 2.11. The van der Waals surface area contributed by atoms with E-state index in [1.165, 1.54) is 0 Å². The molecule has 74 valence electrons. The molecule has 0 radical (unpaired) electrons. The topological polar surface area (TPSA) is 54.7 Å². The van der Waals surface area contributed by atoms with E-state index in [0.29, 0.717) is 11.7 Å². The van der Waals surface area contributed by atoms with E-state index >= 15 is 0 Å². The molecule has 1 aromatic carbocycles. The molecule has 0 saturated carbocycles. The number of halogens is 1. The molecule has 4 heteroatoms. The second-order valence-corrected chi connectivity index (χ2v) is 4.05. The number of H-pyrrole nitrogens is 1. The van der Waals surface area contributed by atoms with Gasteiger partial charge in [0.15, 0.2) is 5.82 Å². The van der Waals surface area contributed by atoms with Gasteiger partial charge in [-0.15, -0.1) is 0 Å². The Bertz CT molecular complexity index is 473. The molecule has 2 aromatic rings. The number of hydrogen-bond donors (Lipinski definition) is 2. The lowest BCUT2D eigenvalue weighted by Crippen LogP contribution is -1.93. The normalized spacial score (nSPS) is 11.4. The first-order valence-corrected chi connectivity index (χ1v) is 4.91. The minimum atomic E-state index is 0.339. The highest BCUT2D eigenvalue weighted by atomic mass is 35.5. The molecular weight excluding hydrogens is 198 g/mol. The number of nitrogens with one attached hydrogen (secondary N) is 1. The second kappa shape index (κ2) is 3.17. The number of rotatable bonds is 1. The lowest BCUT2D eigenvalue weighted by Gasteiger charge is -2.09. The molecule has 0 amide bonds. The molecule has 2 rings (SSSR count). The number of aromatic nitrogens is 2. The van der Waals surface area contributed by atoms with Gasteiger partial charge in [-0.25, -0.2) is 0 Å². The van der Waals surface area contributed by atoms with Crippen molar-refractivity contribution in [3.63, 3.8) is 0 Å². The van der Waals surface area contributed by atoms with Crippen molar-refractivity contribution >= 4 is 28.3 Å². The van der Waals surface area contributed by atoms with Gasteiger partial charge in [-0.05, 0) is 23.6 Å². The molecule has 0 atom stereocenters. The summed E-state index contributed by atoms with van der Waals surface area (Å²) in [6.07, 6.45) is 0. The van der Waals surface area contributed by atoms with Crippen LogP contribution in [0.3, 0.4) is 0 Å². The van der Waals surface area contributed by atoms with Crippen molar-refractivity contribution in [3.05, 3.63) is 22.7 Å². The Hall–Kier alpha value is -1.22. The van der Waals surface area contributed by atoms with Crippen molar-refractivity contribution in [1.29, 1.82) is 0 Å². The van der Waals surface area contributed by atoms with Gasteiger partial charge < -0.3 is 5.73 Å². The molecule has 1 aromatic heterocycles. The maximum atomic E-state index is 6.13. The van der Waals surface area contributed by atoms with Crippen LogP contribution in [0.2, 0.25) is 5.02 Å². The maximum absolute atomic E-state index is 6.13. The predicted octanol–water partition coefficient (Wildman–Crippen LogP) is 2.92. The number of anilines is 1. The lowest BCUT2D eigenvalue weighted by molar-refractivity contribution is 0.877. The molecule has 14 heavy (non-hydrogen) atoms. The quantitative estimate of drug-likeness (QED) is 0.759. The van der Waals surface area contributed by atoms with Crippen LogP contribution < -0.4 is 5.73 Å². The summed E-state index contributed by atoms with van der Waals surface area (Å²) in [6, 6.07) is 3.77. The van der Waals surface area contributed by atoms with Crippen LogP contribution >= 0.6 is 11.6 Å². The molecule has 0 bridgehead atoms. The summed E-state index contributed by atoms with van der Waals surface area (Å²) in [5.74, 6) is 0.859. The summed E-state index contributed by atoms with van der Waals surface area (Å²) in [5, 5.41) is 8.55. The highest BCUT2D eigenvalue weighted by molar-refractivity contribution is 6.32. The predicted molar refractivity (Wildman–Crippen MR) is 59.6 cm³/mol. The highest BCUT2D eigenvalue weighted by Crippen LogP contribution is 2.33. The van der Waals surface area contributed by atoms with Crippen LogP contribution in [0.15, 0.2) is 12.1 Å². The molecule has 0 aliphatic carbocycles. The van der Waals surface area contributed by atoms with Crippen molar-refractivity contribution < 1.29 is 0 Å². The zero-order chi connectivity index (χ0) is 10.3. The van der Waals surface area contributed by atoms with E-state index < -0.39 is 0 Å². The summed E-state index contributed by atoms with van der Waals surface area (Å²) in [4.78, 5) is 0. The standard InChI is InChI=1S/C10H12ClN3/c1-5(2)8-6(11)3-4-7-9(8)10(12)14-13-7/h3-5H,1-2H3,(H3,12,13,14). The number of hydrogen-bond acceptors (Lipinski definition) is 2. The molecule has 0 saturated heterocycles. The first kappa shape index (κ1) is 9.34. The van der Waals surface area contributed by atoms with Crippen molar-refractivity contribution in [1.82, 2.24) is 10.2 Å². The van der Waals surface area contributed by atoms with Gasteiger partial charge in [-0.1, -0.05) is 25.4 Å². The minimum absolute atomic E-state index is 0.339. The van der Waals surface area contributed by atoms with E-state index in [2.05, 4.69) is 24.0 Å². The SMILES string of the molecule is CC(C)c1c(Cl)ccc2[nH]nc(N)c12. The molecule has 0 aliphatic heterocycles. The van der Waals surface area contributed by atoms with Crippen LogP contribution in [0.25, 0.3) is 10.9 Å². The van der Waals surface area contributed by atoms with Crippen molar-refractivity contribution in [2.75, 3.05) is 5.73 Å². The zero-order valence-corrected chi connectivity index (χ0v) is 8.89. The lowest BCUT2D eigenvalue weighted by atomic mass is 9.99. The van der Waals surface area contributed by atoms with Crippen LogP contribution in [-0.2, 0) is 0 Å². The number of aromatic amines is 1. The molecular formula is C10H12ClN3. The summed E-state index contributed by atoms with van der Waals surface area (Å²) in [5.41, 5.74) is 7.79. The number of nitrogens with two attached hydrogens (primary N) is 1. The van der Waals surface area contributed by atoms with E-state index in [4.69, 9.17) is 17.3 Å². The molecule has 0 unspecified atom stereocenters. The average Bonchev–Trinajstić information content (AvgIpc) is 2.47. The fourth-order valence-electron chi connectivity index (χ4n) is 1.70. The van der Waals surface area contributed by atoms with E-state index in [9.17, 15) is 0 Å². The Morgan fingerprint density at radius 3 is 2.79 bits per heavy atom. The molecule has 3 nitrogen and oxygen atoms in total. The van der Waals surface area contributed by atoms with Crippen molar-refractivity contribution in [2.45, 2.75) is 19.8 Å². The van der Waals surface area contributed by atoms with Crippen LogP contribution in [0.1, 0.15) is 25.3 Å². The zero-order valence-electron chi connectivity index (χ0n) is 8.13. The van der Waals surface area contributed by atoms with Crippen LogP contribution in [-0.4, -0.2) is 10.2 Å². The fraction of sp³-hybridized carbons (Fsp3) is 0.300. The van der Waals surface area contributed by atoms with E-state index in [1.54, 1.807) is 0 Å². The highest BCUT2D eigenvalue weighted by Gasteiger charge is 2.13. The van der Waals surface area contributed by atoms with Gasteiger partial charge in [-0.2, -0.15) is 5.10 Å². The monoisotopic (exact) mass is 209 g/mol. The van der Waals surface area contributed by atoms with Crippen LogP contribution in [0, 0.1) is 0 Å². The Morgan fingerprint density at radius 2 is 2.14 bits per heavy atom. The van der Waals surface area contributed by atoms with Crippen molar-refractivity contribution in [2.24, 2.45) is 0 Å². The van der Waals surface area contributed by atoms with Gasteiger partial charge >= 0.3 is 0 Å². The fourth-order valence-corrected chi connectivity index (χ4v) is 2.08. The smallest absolute Gasteiger partial charge is 0.153 e. The molecule has 0 fully saturated rings. The van der Waals surface area contributed by atoms with Gasteiger partial charge in [-0.3, -0.25) is 5.10 Å². The third-order valence-corrected chi connectivity index (χ3v) is 2.65. The van der Waals surface area contributed by atoms with Gasteiger partial charge in [0, 0.05) is 10.4 Å². The van der Waals surface area contributed by atoms with Gasteiger partial charge in [0.05, 0.1) is 5.52 Å². The summed E-state index contributed by atoms with van der Waals surface area (Å²) in [7, 11) is 0. The third-order valence-electron chi connectivity index (χ3n) is 2.32. The number of benzene rings is 1. The first-order valence-electron chi connectivity index (χ1n) is 4.53. The number of fused-ring (bicyclic) bond motifs is 1. The molecule has 3 N–H and O–H groups in total. The average molecular weight is 210 g/mol. The van der Waals surface area contributed by atoms with E-state index in [0.717, 1.165) is 21.5 Å². The maximum Gasteiger partial charge on any atom is 0.153 e. The molecule has 0 aliphatic rings. The Labute approximate surface area is 87.2 Å². The Balaban J connectivity index is 2.87. The molecule has 0 spiro atoms. The summed E-state index contributed by atoms with van der Waals surface area (Å²) in [6.45, 7) is 4.18. The molecule has 1 heterocycles. The van der Waals surface area contributed by atoms with Gasteiger partial charge in [0.2, 0.25) is 0 Å². The summed E-state index contributed by atoms with van der Waals surface area (Å²) < 4.78 is 0. The number of nitrogens with zero attached hydrogens (tertiary/aromatic N) is 1. The number of nitrogen functional groups attached to an aromatic ring is 1. The van der Waals surface area contributed by atoms with Gasteiger partial charge in [0.25, 0.3) is 0 Å². The largest absolute Gasteiger partial charge is 0.382 e. The van der Waals surface area contributed by atoms with Gasteiger partial charge in [0.1, 0.15) is 0 Å². The minimum Gasteiger partial charge on any atom is -0.382 e.